The number of aliphatic carboxylic acids is 1. The van der Waals surface area contributed by atoms with Crippen molar-refractivity contribution in [2.75, 3.05) is 26.3 Å². The van der Waals surface area contributed by atoms with E-state index in [0.29, 0.717) is 0 Å². The lowest BCUT2D eigenvalue weighted by Crippen LogP contribution is -2.57. The molecule has 13 heteroatoms. The Labute approximate surface area is 161 Å². The van der Waals surface area contributed by atoms with Crippen molar-refractivity contribution in [1.29, 1.82) is 0 Å². The van der Waals surface area contributed by atoms with Gasteiger partial charge in [-0.1, -0.05) is 13.8 Å². The third-order valence-electron chi connectivity index (χ3n) is 3.51. The number of nitrogens with two attached hydrogens (primary N) is 1. The smallest absolute Gasteiger partial charge is 0.326 e. The summed E-state index contributed by atoms with van der Waals surface area (Å²) in [5.74, 6) is -4.99. The second kappa shape index (κ2) is 12.6. The van der Waals surface area contributed by atoms with Crippen LogP contribution >= 0.6 is 0 Å². The average Bonchev–Trinajstić information content (AvgIpc) is 2.65. The van der Waals surface area contributed by atoms with Gasteiger partial charge in [-0.25, -0.2) is 4.79 Å². The van der Waals surface area contributed by atoms with E-state index in [1.54, 1.807) is 13.8 Å². The van der Waals surface area contributed by atoms with Crippen molar-refractivity contribution in [2.45, 2.75) is 32.0 Å². The van der Waals surface area contributed by atoms with Gasteiger partial charge < -0.3 is 42.3 Å². The second-order valence-corrected chi connectivity index (χ2v) is 6.10. The molecule has 0 radical (unpaired) electrons. The van der Waals surface area contributed by atoms with Crippen molar-refractivity contribution in [3.05, 3.63) is 0 Å². The Kier molecular flexibility index (Phi) is 11.3. The second-order valence-electron chi connectivity index (χ2n) is 6.10. The molecule has 160 valence electrons. The van der Waals surface area contributed by atoms with Gasteiger partial charge in [0, 0.05) is 0 Å². The molecular formula is C15H27N5O8. The molecule has 0 aliphatic heterocycles. The highest BCUT2D eigenvalue weighted by atomic mass is 16.4. The molecule has 0 aliphatic carbocycles. The summed E-state index contributed by atoms with van der Waals surface area (Å²) >= 11 is 0. The van der Waals surface area contributed by atoms with Crippen LogP contribution in [0.5, 0.6) is 0 Å². The molecule has 0 rings (SSSR count). The normalized spacial score (nSPS) is 13.8. The molecule has 28 heavy (non-hydrogen) atoms. The monoisotopic (exact) mass is 405 g/mol. The predicted octanol–water partition coefficient (Wildman–Crippen LogP) is -4.76. The number of carboxylic acid groups (broad SMARTS) is 1. The minimum Gasteiger partial charge on any atom is -0.480 e. The number of rotatable bonds is 12. The Morgan fingerprint density at radius 1 is 0.857 bits per heavy atom. The zero-order valence-corrected chi connectivity index (χ0v) is 15.6. The van der Waals surface area contributed by atoms with Crippen LogP contribution in [0.3, 0.4) is 0 Å². The van der Waals surface area contributed by atoms with E-state index in [1.165, 1.54) is 0 Å². The summed E-state index contributed by atoms with van der Waals surface area (Å²) in [5, 5.41) is 36.0. The first-order chi connectivity index (χ1) is 13.1. The van der Waals surface area contributed by atoms with Gasteiger partial charge in [-0.3, -0.25) is 19.2 Å². The number of hydrogen-bond acceptors (Lipinski definition) is 8. The van der Waals surface area contributed by atoms with Crippen molar-refractivity contribution >= 4 is 29.6 Å². The van der Waals surface area contributed by atoms with Gasteiger partial charge >= 0.3 is 5.97 Å². The molecule has 0 aromatic heterocycles. The summed E-state index contributed by atoms with van der Waals surface area (Å²) in [6, 6.07) is -4.00. The van der Waals surface area contributed by atoms with E-state index < -0.39 is 74.0 Å². The first kappa shape index (κ1) is 25.2. The molecule has 0 unspecified atom stereocenters. The summed E-state index contributed by atoms with van der Waals surface area (Å²) in [7, 11) is 0. The van der Waals surface area contributed by atoms with Crippen LogP contribution < -0.4 is 27.0 Å². The van der Waals surface area contributed by atoms with Crippen molar-refractivity contribution in [3.8, 4) is 0 Å². The molecule has 4 amide bonds. The maximum Gasteiger partial charge on any atom is 0.326 e. The highest BCUT2D eigenvalue weighted by molar-refractivity contribution is 5.94. The molecule has 0 saturated heterocycles. The van der Waals surface area contributed by atoms with E-state index in [4.69, 9.17) is 15.9 Å². The molecule has 13 nitrogen and oxygen atoms in total. The van der Waals surface area contributed by atoms with Crippen LogP contribution in [0, 0.1) is 5.92 Å². The van der Waals surface area contributed by atoms with Crippen molar-refractivity contribution < 1.29 is 39.3 Å². The van der Waals surface area contributed by atoms with Gasteiger partial charge in [0.15, 0.2) is 0 Å². The zero-order valence-electron chi connectivity index (χ0n) is 15.6. The highest BCUT2D eigenvalue weighted by Gasteiger charge is 2.27. The summed E-state index contributed by atoms with van der Waals surface area (Å²) < 4.78 is 0. The largest absolute Gasteiger partial charge is 0.480 e. The number of aliphatic hydroxyl groups excluding tert-OH is 2. The van der Waals surface area contributed by atoms with Crippen LogP contribution in [0.1, 0.15) is 13.8 Å². The van der Waals surface area contributed by atoms with E-state index >= 15 is 0 Å². The van der Waals surface area contributed by atoms with Crippen LogP contribution in [-0.4, -0.2) is 89.3 Å². The van der Waals surface area contributed by atoms with Crippen molar-refractivity contribution in [2.24, 2.45) is 11.7 Å². The lowest BCUT2D eigenvalue weighted by atomic mass is 10.1. The SMILES string of the molecule is CC(C)[C@H](NC(=O)CNC(=O)[C@H](CO)NC(=O)[C@H](CO)NC(=O)CN)C(=O)O. The fourth-order valence-electron chi connectivity index (χ4n) is 1.94. The van der Waals surface area contributed by atoms with Crippen LogP contribution in [0.25, 0.3) is 0 Å². The third kappa shape index (κ3) is 8.75. The number of aliphatic hydroxyl groups is 2. The quantitative estimate of drug-likeness (QED) is 0.156. The van der Waals surface area contributed by atoms with Gasteiger partial charge in [0.25, 0.3) is 0 Å². The minimum absolute atomic E-state index is 0.388. The van der Waals surface area contributed by atoms with Crippen LogP contribution in [0.2, 0.25) is 0 Å². The lowest BCUT2D eigenvalue weighted by molar-refractivity contribution is -0.143. The van der Waals surface area contributed by atoms with Crippen LogP contribution in [0.4, 0.5) is 0 Å². The van der Waals surface area contributed by atoms with Gasteiger partial charge in [0.1, 0.15) is 18.1 Å². The summed E-state index contributed by atoms with van der Waals surface area (Å²) in [6.07, 6.45) is 0. The Morgan fingerprint density at radius 3 is 1.82 bits per heavy atom. The van der Waals surface area contributed by atoms with Gasteiger partial charge in [-0.2, -0.15) is 0 Å². The standard InChI is InChI=1S/C15H27N5O8/c1-7(2)12(15(27)28)20-11(24)4-17-13(25)8(5-21)19-14(26)9(6-22)18-10(23)3-16/h7-9,12,21-22H,3-6,16H2,1-2H3,(H,17,25)(H,18,23)(H,19,26)(H,20,24)(H,27,28)/t8-,9-,12-/m0/s1. The average molecular weight is 405 g/mol. The summed E-state index contributed by atoms with van der Waals surface area (Å²) in [6.45, 7) is 0.578. The maximum absolute atomic E-state index is 12.0. The van der Waals surface area contributed by atoms with Gasteiger partial charge in [-0.05, 0) is 5.92 Å². The van der Waals surface area contributed by atoms with E-state index in [1.807, 2.05) is 0 Å². The van der Waals surface area contributed by atoms with E-state index in [9.17, 15) is 29.1 Å². The maximum atomic E-state index is 12.0. The minimum atomic E-state index is -1.47. The molecule has 0 aromatic carbocycles. The molecule has 0 bridgehead atoms. The van der Waals surface area contributed by atoms with Crippen LogP contribution in [0.15, 0.2) is 0 Å². The van der Waals surface area contributed by atoms with Crippen molar-refractivity contribution in [3.63, 3.8) is 0 Å². The molecule has 0 saturated carbocycles. The number of carbonyl (C=O) groups is 5. The molecule has 9 N–H and O–H groups in total. The molecular weight excluding hydrogens is 378 g/mol. The Balaban J connectivity index is 4.71. The number of nitrogens with one attached hydrogen (secondary N) is 4. The first-order valence-corrected chi connectivity index (χ1v) is 8.38. The number of amides is 4. The fraction of sp³-hybridized carbons (Fsp3) is 0.667. The Morgan fingerprint density at radius 2 is 1.39 bits per heavy atom. The first-order valence-electron chi connectivity index (χ1n) is 8.38. The Bertz CT molecular complexity index is 583. The van der Waals surface area contributed by atoms with Gasteiger partial charge in [0.2, 0.25) is 23.6 Å². The highest BCUT2D eigenvalue weighted by Crippen LogP contribution is 2.01. The molecule has 3 atom stereocenters. The number of carboxylic acids is 1. The number of hydrogen-bond donors (Lipinski definition) is 8. The molecule has 0 fully saturated rings. The topological polar surface area (TPSA) is 220 Å². The zero-order chi connectivity index (χ0) is 21.9. The van der Waals surface area contributed by atoms with E-state index in [0.717, 1.165) is 0 Å². The van der Waals surface area contributed by atoms with Gasteiger partial charge in [-0.15, -0.1) is 0 Å². The molecule has 0 spiro atoms. The van der Waals surface area contributed by atoms with E-state index in [-0.39, 0.29) is 5.92 Å². The predicted molar refractivity (Wildman–Crippen MR) is 94.5 cm³/mol. The summed E-state index contributed by atoms with van der Waals surface area (Å²) in [5.41, 5.74) is 5.09. The Hall–Kier alpha value is -2.77. The summed E-state index contributed by atoms with van der Waals surface area (Å²) in [4.78, 5) is 58.0. The van der Waals surface area contributed by atoms with E-state index in [2.05, 4.69) is 21.3 Å². The molecule has 0 heterocycles. The third-order valence-corrected chi connectivity index (χ3v) is 3.51. The van der Waals surface area contributed by atoms with Crippen molar-refractivity contribution in [1.82, 2.24) is 21.3 Å². The lowest BCUT2D eigenvalue weighted by Gasteiger charge is -2.21. The number of carbonyl (C=O) groups excluding carboxylic acids is 4. The molecule has 0 aliphatic rings. The fourth-order valence-corrected chi connectivity index (χ4v) is 1.94. The van der Waals surface area contributed by atoms with Gasteiger partial charge in [0.05, 0.1) is 26.3 Å². The molecule has 0 aromatic rings. The van der Waals surface area contributed by atoms with Crippen LogP contribution in [-0.2, 0) is 24.0 Å².